The third-order valence-electron chi connectivity index (χ3n) is 3.13. The quantitative estimate of drug-likeness (QED) is 0.505. The zero-order valence-corrected chi connectivity index (χ0v) is 13.3. The van der Waals surface area contributed by atoms with Gasteiger partial charge in [0, 0.05) is 18.4 Å². The maximum Gasteiger partial charge on any atom is 0.184 e. The lowest BCUT2D eigenvalue weighted by Crippen LogP contribution is -2.23. The Morgan fingerprint density at radius 2 is 1.68 bits per heavy atom. The molecule has 0 aliphatic rings. The molecule has 6 heteroatoms. The number of methoxy groups -OCH3 is 1. The molecule has 5 nitrogen and oxygen atoms in total. The molecule has 0 saturated carbocycles. The van der Waals surface area contributed by atoms with Crippen LogP contribution in [-0.4, -0.2) is 25.5 Å². The monoisotopic (exact) mass is 314 g/mol. The lowest BCUT2D eigenvalue weighted by Gasteiger charge is -2.19. The predicted octanol–water partition coefficient (Wildman–Crippen LogP) is 2.63. The smallest absolute Gasteiger partial charge is 0.184 e. The topological polar surface area (TPSA) is 62.9 Å². The van der Waals surface area contributed by atoms with E-state index in [9.17, 15) is 0 Å². The fraction of sp³-hybridized carbons (Fsp3) is 0.125. The summed E-state index contributed by atoms with van der Waals surface area (Å²) in [6, 6.07) is 15.9. The first-order chi connectivity index (χ1) is 10.6. The van der Waals surface area contributed by atoms with E-state index in [2.05, 4.69) is 27.6 Å². The first kappa shape index (κ1) is 15.8. The van der Waals surface area contributed by atoms with Gasteiger partial charge in [-0.15, -0.1) is 0 Å². The Hall–Kier alpha value is -2.60. The summed E-state index contributed by atoms with van der Waals surface area (Å²) in [4.78, 5) is 2.09. The molecule has 2 aromatic rings. The zero-order chi connectivity index (χ0) is 15.9. The minimum absolute atomic E-state index is 0.145. The molecular formula is C16H18N4OS. The van der Waals surface area contributed by atoms with Crippen molar-refractivity contribution in [1.82, 2.24) is 5.43 Å². The Kier molecular flexibility index (Phi) is 5.32. The number of benzene rings is 2. The number of nitrogens with one attached hydrogen (secondary N) is 1. The van der Waals surface area contributed by atoms with E-state index in [1.54, 1.807) is 13.3 Å². The van der Waals surface area contributed by atoms with Gasteiger partial charge in [0.2, 0.25) is 0 Å². The first-order valence-corrected chi connectivity index (χ1v) is 7.07. The number of nitrogens with zero attached hydrogens (tertiary/aromatic N) is 2. The van der Waals surface area contributed by atoms with Crippen LogP contribution in [0, 0.1) is 0 Å². The second-order valence-corrected chi connectivity index (χ2v) is 5.02. The van der Waals surface area contributed by atoms with E-state index in [1.165, 1.54) is 0 Å². The van der Waals surface area contributed by atoms with Gasteiger partial charge in [-0.2, -0.15) is 5.10 Å². The highest BCUT2D eigenvalue weighted by Crippen LogP contribution is 2.25. The van der Waals surface area contributed by atoms with Crippen molar-refractivity contribution in [1.29, 1.82) is 0 Å². The molecule has 0 aliphatic carbocycles. The van der Waals surface area contributed by atoms with E-state index in [4.69, 9.17) is 10.5 Å². The van der Waals surface area contributed by atoms with Crippen molar-refractivity contribution in [2.75, 3.05) is 19.1 Å². The van der Waals surface area contributed by atoms with Crippen LogP contribution in [0.1, 0.15) is 5.56 Å². The van der Waals surface area contributed by atoms with Crippen LogP contribution in [0.25, 0.3) is 0 Å². The van der Waals surface area contributed by atoms with E-state index >= 15 is 0 Å². The van der Waals surface area contributed by atoms with E-state index in [-0.39, 0.29) is 5.11 Å². The normalized spacial score (nSPS) is 10.5. The number of thiocarbonyl (C=S) groups is 1. The van der Waals surface area contributed by atoms with Crippen LogP contribution in [0.4, 0.5) is 11.4 Å². The Balaban J connectivity index is 2.08. The highest BCUT2D eigenvalue weighted by molar-refractivity contribution is 7.80. The summed E-state index contributed by atoms with van der Waals surface area (Å²) in [7, 11) is 3.67. The summed E-state index contributed by atoms with van der Waals surface area (Å²) in [5.41, 5.74) is 10.9. The van der Waals surface area contributed by atoms with Crippen LogP contribution >= 0.6 is 12.2 Å². The third-order valence-corrected chi connectivity index (χ3v) is 3.22. The number of hydrogen-bond acceptors (Lipinski definition) is 4. The minimum Gasteiger partial charge on any atom is -0.497 e. The van der Waals surface area contributed by atoms with Crippen LogP contribution < -0.4 is 20.8 Å². The molecule has 0 fully saturated rings. The Morgan fingerprint density at radius 1 is 1.14 bits per heavy atom. The summed E-state index contributed by atoms with van der Waals surface area (Å²) < 4.78 is 5.17. The fourth-order valence-corrected chi connectivity index (χ4v) is 1.96. The maximum atomic E-state index is 5.30. The third kappa shape index (κ3) is 4.20. The number of nitrogens with two attached hydrogens (primary N) is 1. The predicted molar refractivity (Wildman–Crippen MR) is 95.0 cm³/mol. The average molecular weight is 314 g/mol. The Morgan fingerprint density at radius 3 is 2.18 bits per heavy atom. The molecule has 2 rings (SSSR count). The molecule has 114 valence electrons. The fourth-order valence-electron chi connectivity index (χ4n) is 1.91. The summed E-state index contributed by atoms with van der Waals surface area (Å²) in [5.74, 6) is 0.842. The molecule has 0 radical (unpaired) electrons. The van der Waals surface area contributed by atoms with Crippen molar-refractivity contribution in [2.45, 2.75) is 0 Å². The van der Waals surface area contributed by atoms with Gasteiger partial charge in [-0.25, -0.2) is 0 Å². The lowest BCUT2D eigenvalue weighted by molar-refractivity contribution is 0.415. The van der Waals surface area contributed by atoms with E-state index < -0.39 is 0 Å². The Bertz CT molecular complexity index is 653. The van der Waals surface area contributed by atoms with Crippen molar-refractivity contribution >= 4 is 34.9 Å². The van der Waals surface area contributed by atoms with Gasteiger partial charge >= 0.3 is 0 Å². The van der Waals surface area contributed by atoms with Crippen molar-refractivity contribution in [3.8, 4) is 5.75 Å². The molecule has 0 bridgehead atoms. The standard InChI is InChI=1S/C16H18N4OS/c1-20(14-7-9-15(21-2)10-8-14)13-5-3-12(4-6-13)11-18-19-16(17)22/h3-11H,1-2H3,(H3,17,19,22). The van der Waals surface area contributed by atoms with Gasteiger partial charge in [-0.3, -0.25) is 5.43 Å². The first-order valence-electron chi connectivity index (χ1n) is 6.66. The van der Waals surface area contributed by atoms with Crippen LogP contribution in [0.2, 0.25) is 0 Å². The van der Waals surface area contributed by atoms with Gasteiger partial charge in [-0.1, -0.05) is 12.1 Å². The second-order valence-electron chi connectivity index (χ2n) is 4.58. The molecule has 0 unspecified atom stereocenters. The molecule has 22 heavy (non-hydrogen) atoms. The summed E-state index contributed by atoms with van der Waals surface area (Å²) >= 11 is 4.68. The summed E-state index contributed by atoms with van der Waals surface area (Å²) in [5, 5.41) is 4.07. The molecular weight excluding hydrogens is 296 g/mol. The SMILES string of the molecule is COc1ccc(N(C)c2ccc(C=NNC(N)=S)cc2)cc1. The van der Waals surface area contributed by atoms with Gasteiger partial charge in [-0.05, 0) is 54.2 Å². The molecule has 0 heterocycles. The van der Waals surface area contributed by atoms with Gasteiger partial charge in [0.05, 0.1) is 13.3 Å². The highest BCUT2D eigenvalue weighted by Gasteiger charge is 2.03. The highest BCUT2D eigenvalue weighted by atomic mass is 32.1. The molecule has 0 spiro atoms. The lowest BCUT2D eigenvalue weighted by atomic mass is 10.2. The van der Waals surface area contributed by atoms with Crippen LogP contribution in [0.3, 0.4) is 0 Å². The maximum absolute atomic E-state index is 5.30. The molecule has 0 aromatic heterocycles. The van der Waals surface area contributed by atoms with E-state index in [0.717, 1.165) is 22.7 Å². The molecule has 0 atom stereocenters. The molecule has 0 aliphatic heterocycles. The van der Waals surface area contributed by atoms with Crippen LogP contribution in [0.5, 0.6) is 5.75 Å². The van der Waals surface area contributed by atoms with Gasteiger partial charge < -0.3 is 15.4 Å². The average Bonchev–Trinajstić information content (AvgIpc) is 2.54. The molecule has 0 amide bonds. The summed E-state index contributed by atoms with van der Waals surface area (Å²) in [6.45, 7) is 0. The minimum atomic E-state index is 0.145. The number of hydrogen-bond donors (Lipinski definition) is 2. The number of hydrazone groups is 1. The van der Waals surface area contributed by atoms with E-state index in [1.807, 2.05) is 55.6 Å². The van der Waals surface area contributed by atoms with Crippen LogP contribution in [-0.2, 0) is 0 Å². The van der Waals surface area contributed by atoms with Crippen molar-refractivity contribution < 1.29 is 4.74 Å². The Labute approximate surface area is 135 Å². The van der Waals surface area contributed by atoms with Gasteiger partial charge in [0.15, 0.2) is 5.11 Å². The van der Waals surface area contributed by atoms with Crippen LogP contribution in [0.15, 0.2) is 53.6 Å². The molecule has 2 aromatic carbocycles. The largest absolute Gasteiger partial charge is 0.497 e. The number of ether oxygens (including phenoxy) is 1. The molecule has 0 saturated heterocycles. The van der Waals surface area contributed by atoms with E-state index in [0.29, 0.717) is 0 Å². The van der Waals surface area contributed by atoms with Gasteiger partial charge in [0.25, 0.3) is 0 Å². The van der Waals surface area contributed by atoms with Gasteiger partial charge in [0.1, 0.15) is 5.75 Å². The van der Waals surface area contributed by atoms with Crippen molar-refractivity contribution in [3.63, 3.8) is 0 Å². The van der Waals surface area contributed by atoms with Crippen molar-refractivity contribution in [2.24, 2.45) is 10.8 Å². The number of rotatable bonds is 5. The summed E-state index contributed by atoms with van der Waals surface area (Å²) in [6.07, 6.45) is 1.66. The zero-order valence-electron chi connectivity index (χ0n) is 12.5. The second kappa shape index (κ2) is 7.42. The number of anilines is 2. The van der Waals surface area contributed by atoms with Crippen molar-refractivity contribution in [3.05, 3.63) is 54.1 Å². The molecule has 3 N–H and O–H groups in total.